The minimum Gasteiger partial charge on any atom is -0.495 e. The summed E-state index contributed by atoms with van der Waals surface area (Å²) in [6, 6.07) is 11.3. The third-order valence-corrected chi connectivity index (χ3v) is 6.65. The van der Waals surface area contributed by atoms with Gasteiger partial charge in [-0.3, -0.25) is 9.59 Å². The predicted octanol–water partition coefficient (Wildman–Crippen LogP) is 4.90. The van der Waals surface area contributed by atoms with Crippen LogP contribution in [-0.2, 0) is 14.3 Å². The first-order valence-corrected chi connectivity index (χ1v) is 10.6. The zero-order valence-electron chi connectivity index (χ0n) is 17.0. The van der Waals surface area contributed by atoms with Crippen LogP contribution in [0.2, 0.25) is 0 Å². The summed E-state index contributed by atoms with van der Waals surface area (Å²) in [5.41, 5.74) is 1.91. The number of esters is 1. The molecule has 3 aromatic rings. The summed E-state index contributed by atoms with van der Waals surface area (Å²) in [6.07, 6.45) is 5.33. The van der Waals surface area contributed by atoms with Gasteiger partial charge >= 0.3 is 5.97 Å². The number of para-hydroxylation sites is 1. The van der Waals surface area contributed by atoms with Gasteiger partial charge in [-0.2, -0.15) is 0 Å². The molecule has 6 nitrogen and oxygen atoms in total. The molecule has 1 amide bonds. The fourth-order valence-electron chi connectivity index (χ4n) is 5.25. The van der Waals surface area contributed by atoms with E-state index in [1.54, 1.807) is 13.2 Å². The lowest BCUT2D eigenvalue weighted by molar-refractivity contribution is -0.148. The Balaban J connectivity index is 1.23. The monoisotopic (exact) mass is 407 g/mol. The van der Waals surface area contributed by atoms with Crippen molar-refractivity contribution in [2.24, 2.45) is 17.8 Å². The molecular formula is C24H25NO5. The Hall–Kier alpha value is -3.02. The van der Waals surface area contributed by atoms with Crippen molar-refractivity contribution in [2.75, 3.05) is 19.0 Å². The van der Waals surface area contributed by atoms with Gasteiger partial charge in [0.15, 0.2) is 6.61 Å². The van der Waals surface area contributed by atoms with Gasteiger partial charge in [0.1, 0.15) is 16.9 Å². The molecule has 2 aliphatic rings. The molecule has 0 spiro atoms. The molecule has 1 aromatic heterocycles. The van der Waals surface area contributed by atoms with Crippen molar-refractivity contribution in [3.63, 3.8) is 0 Å². The maximum absolute atomic E-state index is 12.4. The van der Waals surface area contributed by atoms with Gasteiger partial charge in [0.2, 0.25) is 0 Å². The minimum absolute atomic E-state index is 0.289. The van der Waals surface area contributed by atoms with Crippen molar-refractivity contribution >= 4 is 39.5 Å². The smallest absolute Gasteiger partial charge is 0.306 e. The third-order valence-electron chi connectivity index (χ3n) is 6.65. The summed E-state index contributed by atoms with van der Waals surface area (Å²) in [7, 11) is 1.55. The van der Waals surface area contributed by atoms with Crippen LogP contribution in [-0.4, -0.2) is 25.6 Å². The molecule has 2 saturated carbocycles. The van der Waals surface area contributed by atoms with E-state index in [1.165, 1.54) is 19.3 Å². The van der Waals surface area contributed by atoms with Crippen molar-refractivity contribution in [1.82, 2.24) is 0 Å². The van der Waals surface area contributed by atoms with Crippen molar-refractivity contribution in [3.05, 3.63) is 36.4 Å². The van der Waals surface area contributed by atoms with Gasteiger partial charge in [0.05, 0.1) is 12.8 Å². The van der Waals surface area contributed by atoms with E-state index in [0.29, 0.717) is 35.3 Å². The number of fused-ring (bicyclic) bond motifs is 5. The Morgan fingerprint density at radius 3 is 2.73 bits per heavy atom. The summed E-state index contributed by atoms with van der Waals surface area (Å²) < 4.78 is 16.6. The average Bonchev–Trinajstić information content (AvgIpc) is 3.45. The molecule has 0 unspecified atom stereocenters. The lowest BCUT2D eigenvalue weighted by Gasteiger charge is -2.20. The maximum Gasteiger partial charge on any atom is 0.306 e. The number of anilines is 1. The quantitative estimate of drug-likeness (QED) is 0.588. The largest absolute Gasteiger partial charge is 0.495 e. The normalized spacial score (nSPS) is 22.5. The molecule has 0 radical (unpaired) electrons. The summed E-state index contributed by atoms with van der Waals surface area (Å²) in [4.78, 5) is 24.6. The van der Waals surface area contributed by atoms with E-state index in [-0.39, 0.29) is 12.6 Å². The maximum atomic E-state index is 12.4. The average molecular weight is 407 g/mol. The van der Waals surface area contributed by atoms with Crippen LogP contribution in [0, 0.1) is 17.8 Å². The zero-order valence-corrected chi connectivity index (χ0v) is 17.0. The molecule has 2 aromatic carbocycles. The Bertz CT molecular complexity index is 1120. The molecule has 2 fully saturated rings. The van der Waals surface area contributed by atoms with Gasteiger partial charge in [-0.15, -0.1) is 0 Å². The molecule has 1 N–H and O–H groups in total. The summed E-state index contributed by atoms with van der Waals surface area (Å²) in [5.74, 6) is 1.71. The minimum atomic E-state index is -0.398. The molecule has 30 heavy (non-hydrogen) atoms. The van der Waals surface area contributed by atoms with E-state index in [9.17, 15) is 9.59 Å². The van der Waals surface area contributed by atoms with E-state index in [2.05, 4.69) is 5.32 Å². The molecule has 0 aliphatic heterocycles. The van der Waals surface area contributed by atoms with E-state index in [1.807, 2.05) is 30.3 Å². The van der Waals surface area contributed by atoms with Gasteiger partial charge < -0.3 is 19.2 Å². The van der Waals surface area contributed by atoms with Crippen molar-refractivity contribution < 1.29 is 23.5 Å². The Labute approximate surface area is 174 Å². The number of hydrogen-bond acceptors (Lipinski definition) is 5. The molecular weight excluding hydrogens is 382 g/mol. The summed E-state index contributed by atoms with van der Waals surface area (Å²) in [5, 5.41) is 4.67. The van der Waals surface area contributed by atoms with Gasteiger partial charge in [-0.1, -0.05) is 24.6 Å². The second-order valence-electron chi connectivity index (χ2n) is 8.49. The van der Waals surface area contributed by atoms with Crippen molar-refractivity contribution in [3.8, 4) is 5.75 Å². The number of hydrogen-bond donors (Lipinski definition) is 1. The van der Waals surface area contributed by atoms with Crippen LogP contribution in [0.4, 0.5) is 5.69 Å². The second-order valence-corrected chi connectivity index (χ2v) is 8.49. The van der Waals surface area contributed by atoms with Gasteiger partial charge in [0, 0.05) is 23.3 Å². The highest BCUT2D eigenvalue weighted by atomic mass is 16.5. The van der Waals surface area contributed by atoms with Crippen LogP contribution in [0.3, 0.4) is 0 Å². The molecule has 1 heterocycles. The number of rotatable bonds is 6. The highest BCUT2D eigenvalue weighted by Crippen LogP contribution is 2.49. The Morgan fingerprint density at radius 1 is 1.10 bits per heavy atom. The topological polar surface area (TPSA) is 77.8 Å². The first-order chi connectivity index (χ1) is 14.6. The van der Waals surface area contributed by atoms with Crippen molar-refractivity contribution in [2.45, 2.75) is 32.1 Å². The fourth-order valence-corrected chi connectivity index (χ4v) is 5.25. The first kappa shape index (κ1) is 19.0. The molecule has 6 heteroatoms. The van der Waals surface area contributed by atoms with Crippen LogP contribution in [0.5, 0.6) is 5.75 Å². The number of amides is 1. The fraction of sp³-hybridized carbons (Fsp3) is 0.417. The second kappa shape index (κ2) is 7.67. The van der Waals surface area contributed by atoms with E-state index >= 15 is 0 Å². The van der Waals surface area contributed by atoms with Crippen LogP contribution in [0.1, 0.15) is 32.1 Å². The first-order valence-electron chi connectivity index (χ1n) is 10.6. The number of carbonyl (C=O) groups is 2. The van der Waals surface area contributed by atoms with Crippen molar-refractivity contribution in [1.29, 1.82) is 0 Å². The zero-order chi connectivity index (χ0) is 20.7. The number of carbonyl (C=O) groups excluding carboxylic acids is 2. The highest BCUT2D eigenvalue weighted by Gasteiger charge is 2.40. The predicted molar refractivity (Wildman–Crippen MR) is 113 cm³/mol. The van der Waals surface area contributed by atoms with Crippen LogP contribution < -0.4 is 10.1 Å². The summed E-state index contributed by atoms with van der Waals surface area (Å²) >= 11 is 0. The SMILES string of the molecule is COc1cc2c(cc1NC(=O)COC(=O)C[C@H]1C[C@@H]3CC[C@@H]1C3)oc1ccccc12. The number of furan rings is 1. The van der Waals surface area contributed by atoms with Crippen LogP contribution in [0.25, 0.3) is 21.9 Å². The molecule has 2 bridgehead atoms. The number of nitrogens with one attached hydrogen (secondary N) is 1. The third kappa shape index (κ3) is 3.51. The molecule has 5 rings (SSSR count). The standard InChI is InChI=1S/C24H25NO5/c1-28-22-11-18-17-4-2-3-5-20(17)30-21(18)12-19(22)25-23(26)13-29-24(27)10-16-9-14-6-7-15(16)8-14/h2-5,11-12,14-16H,6-10,13H2,1H3,(H,25,26)/t14-,15-,16-/m1/s1. The van der Waals surface area contributed by atoms with Crippen LogP contribution in [0.15, 0.2) is 40.8 Å². The van der Waals surface area contributed by atoms with Gasteiger partial charge in [-0.25, -0.2) is 0 Å². The number of methoxy groups -OCH3 is 1. The molecule has 0 saturated heterocycles. The van der Waals surface area contributed by atoms with E-state index < -0.39 is 5.91 Å². The molecule has 3 atom stereocenters. The molecule has 2 aliphatic carbocycles. The molecule has 156 valence electrons. The van der Waals surface area contributed by atoms with E-state index in [0.717, 1.165) is 28.7 Å². The lowest BCUT2D eigenvalue weighted by atomic mass is 9.86. The van der Waals surface area contributed by atoms with Gasteiger partial charge in [0.25, 0.3) is 5.91 Å². The van der Waals surface area contributed by atoms with Gasteiger partial charge in [-0.05, 0) is 49.1 Å². The number of ether oxygens (including phenoxy) is 2. The highest BCUT2D eigenvalue weighted by molar-refractivity contribution is 6.07. The van der Waals surface area contributed by atoms with E-state index in [4.69, 9.17) is 13.9 Å². The number of benzene rings is 2. The lowest BCUT2D eigenvalue weighted by Crippen LogP contribution is -2.23. The van der Waals surface area contributed by atoms with Crippen LogP contribution >= 0.6 is 0 Å². The Kier molecular flexibility index (Phi) is 4.85. The summed E-state index contributed by atoms with van der Waals surface area (Å²) in [6.45, 7) is -0.305. The Morgan fingerprint density at radius 2 is 1.97 bits per heavy atom.